The van der Waals surface area contributed by atoms with Gasteiger partial charge in [-0.2, -0.15) is 9.98 Å². The zero-order chi connectivity index (χ0) is 8.10. The van der Waals surface area contributed by atoms with Gasteiger partial charge in [-0.25, -0.2) is 9.59 Å². The van der Waals surface area contributed by atoms with Crippen LogP contribution >= 0.6 is 21.6 Å². The van der Waals surface area contributed by atoms with Crippen molar-refractivity contribution in [3.8, 4) is 0 Å². The van der Waals surface area contributed by atoms with Crippen LogP contribution in [-0.2, 0) is 9.59 Å². The van der Waals surface area contributed by atoms with Gasteiger partial charge in [-0.1, -0.05) is 10.8 Å². The molecule has 1 aliphatic heterocycles. The number of hydrogen-bond donors (Lipinski definition) is 0. The van der Waals surface area contributed by atoms with Gasteiger partial charge in [0.1, 0.15) is 5.03 Å². The second-order valence-corrected chi connectivity index (χ2v) is 3.79. The number of aliphatic imine (C=N–C) groups is 2. The molecule has 0 N–H and O–H groups in total. The minimum Gasteiger partial charge on any atom is -0.211 e. The Morgan fingerprint density at radius 2 is 2.00 bits per heavy atom. The van der Waals surface area contributed by atoms with E-state index < -0.39 is 0 Å². The fourth-order valence-corrected chi connectivity index (χ4v) is 2.62. The van der Waals surface area contributed by atoms with Crippen LogP contribution in [0.1, 0.15) is 0 Å². The van der Waals surface area contributed by atoms with E-state index in [-0.39, 0.29) is 0 Å². The lowest BCUT2D eigenvalue weighted by molar-refractivity contribution is 0.563. The van der Waals surface area contributed by atoms with Crippen LogP contribution in [0.5, 0.6) is 0 Å². The molecular formula is C5H2N2O2S2. The lowest BCUT2D eigenvalue weighted by Gasteiger charge is -1.84. The molecule has 0 saturated carbocycles. The Morgan fingerprint density at radius 3 is 2.64 bits per heavy atom. The third-order valence-electron chi connectivity index (χ3n) is 0.908. The first kappa shape index (κ1) is 8.30. The predicted octanol–water partition coefficient (Wildman–Crippen LogP) is 1.22. The van der Waals surface area contributed by atoms with Crippen molar-refractivity contribution in [3.05, 3.63) is 10.7 Å². The fourth-order valence-electron chi connectivity index (χ4n) is 0.511. The molecule has 0 radical (unpaired) electrons. The number of isocyanates is 2. The van der Waals surface area contributed by atoms with Crippen molar-refractivity contribution in [3.63, 3.8) is 0 Å². The van der Waals surface area contributed by atoms with Gasteiger partial charge in [0.15, 0.2) is 0 Å². The van der Waals surface area contributed by atoms with Gasteiger partial charge in [0, 0.05) is 0 Å². The zero-order valence-electron chi connectivity index (χ0n) is 5.23. The van der Waals surface area contributed by atoms with Crippen molar-refractivity contribution in [1.29, 1.82) is 0 Å². The Kier molecular flexibility index (Phi) is 3.14. The van der Waals surface area contributed by atoms with Gasteiger partial charge in [0.05, 0.1) is 11.4 Å². The quantitative estimate of drug-likeness (QED) is 0.369. The van der Waals surface area contributed by atoms with Crippen LogP contribution in [0.3, 0.4) is 0 Å². The Balaban J connectivity index is 2.94. The Hall–Kier alpha value is -0.800. The smallest absolute Gasteiger partial charge is 0.211 e. The van der Waals surface area contributed by atoms with Crippen molar-refractivity contribution in [1.82, 2.24) is 0 Å². The van der Waals surface area contributed by atoms with Crippen molar-refractivity contribution in [2.24, 2.45) is 9.98 Å². The molecule has 0 atom stereocenters. The van der Waals surface area contributed by atoms with Crippen LogP contribution < -0.4 is 0 Å². The molecule has 0 unspecified atom stereocenters. The van der Waals surface area contributed by atoms with E-state index in [9.17, 15) is 9.59 Å². The average molecular weight is 186 g/mol. The summed E-state index contributed by atoms with van der Waals surface area (Å²) in [5.74, 6) is 0.584. The summed E-state index contributed by atoms with van der Waals surface area (Å²) < 4.78 is 0. The number of nitrogens with zero attached hydrogens (tertiary/aromatic N) is 2. The molecule has 0 bridgehead atoms. The number of carbonyl (C=O) groups excluding carboxylic acids is 2. The molecule has 0 amide bonds. The molecule has 1 rings (SSSR count). The monoisotopic (exact) mass is 186 g/mol. The molecule has 11 heavy (non-hydrogen) atoms. The highest BCUT2D eigenvalue weighted by Gasteiger charge is 2.14. The predicted molar refractivity (Wildman–Crippen MR) is 43.3 cm³/mol. The molecule has 1 heterocycles. The molecule has 0 saturated heterocycles. The van der Waals surface area contributed by atoms with Gasteiger partial charge in [-0.15, -0.1) is 0 Å². The van der Waals surface area contributed by atoms with Gasteiger partial charge < -0.3 is 0 Å². The minimum absolute atomic E-state index is 0.452. The van der Waals surface area contributed by atoms with Crippen LogP contribution in [0.2, 0.25) is 0 Å². The maximum absolute atomic E-state index is 9.83. The van der Waals surface area contributed by atoms with Gasteiger partial charge in [0.2, 0.25) is 12.2 Å². The number of hydrogen-bond acceptors (Lipinski definition) is 6. The van der Waals surface area contributed by atoms with E-state index in [1.165, 1.54) is 33.7 Å². The topological polar surface area (TPSA) is 58.9 Å². The first-order chi connectivity index (χ1) is 5.38. The van der Waals surface area contributed by atoms with Crippen molar-refractivity contribution in [2.75, 3.05) is 5.75 Å². The van der Waals surface area contributed by atoms with Crippen LogP contribution in [0.25, 0.3) is 0 Å². The van der Waals surface area contributed by atoms with Gasteiger partial charge in [-0.3, -0.25) is 0 Å². The van der Waals surface area contributed by atoms with Crippen LogP contribution in [-0.4, -0.2) is 17.9 Å². The highest BCUT2D eigenvalue weighted by atomic mass is 33.1. The molecule has 0 aromatic heterocycles. The highest BCUT2D eigenvalue weighted by molar-refractivity contribution is 8.78. The molecule has 6 heteroatoms. The molecule has 0 spiro atoms. The van der Waals surface area contributed by atoms with Gasteiger partial charge in [-0.05, 0) is 10.8 Å². The third-order valence-corrected chi connectivity index (χ3v) is 3.08. The summed E-state index contributed by atoms with van der Waals surface area (Å²) in [6, 6.07) is 0. The molecular weight excluding hydrogens is 184 g/mol. The third kappa shape index (κ3) is 2.06. The summed E-state index contributed by atoms with van der Waals surface area (Å²) in [6.45, 7) is 0. The SMILES string of the molecule is O=C=NC1=C(N=C=O)SSC1. The van der Waals surface area contributed by atoms with E-state index in [2.05, 4.69) is 9.98 Å². The van der Waals surface area contributed by atoms with Gasteiger partial charge in [0.25, 0.3) is 0 Å². The fraction of sp³-hybridized carbons (Fsp3) is 0.200. The Bertz CT molecular complexity index is 259. The zero-order valence-corrected chi connectivity index (χ0v) is 6.87. The van der Waals surface area contributed by atoms with Crippen molar-refractivity contribution in [2.45, 2.75) is 0 Å². The van der Waals surface area contributed by atoms with Crippen LogP contribution in [0, 0.1) is 0 Å². The van der Waals surface area contributed by atoms with E-state index >= 15 is 0 Å². The molecule has 0 aromatic rings. The summed E-state index contributed by atoms with van der Waals surface area (Å²) in [7, 11) is 2.78. The van der Waals surface area contributed by atoms with E-state index in [4.69, 9.17) is 0 Å². The van der Waals surface area contributed by atoms with E-state index in [0.29, 0.717) is 16.5 Å². The summed E-state index contributed by atoms with van der Waals surface area (Å²) in [5, 5.41) is 0.452. The molecule has 0 aromatic carbocycles. The highest BCUT2D eigenvalue weighted by Crippen LogP contribution is 2.41. The minimum atomic E-state index is 0.452. The molecule has 56 valence electrons. The summed E-state index contributed by atoms with van der Waals surface area (Å²) in [5.41, 5.74) is 0.498. The molecule has 1 aliphatic rings. The molecule has 0 aliphatic carbocycles. The maximum atomic E-state index is 9.83. The maximum Gasteiger partial charge on any atom is 0.241 e. The Morgan fingerprint density at radius 1 is 1.27 bits per heavy atom. The van der Waals surface area contributed by atoms with E-state index in [1.54, 1.807) is 0 Å². The van der Waals surface area contributed by atoms with E-state index in [1.807, 2.05) is 0 Å². The first-order valence-corrected chi connectivity index (χ1v) is 4.88. The Labute approximate surface area is 70.3 Å². The first-order valence-electron chi connectivity index (χ1n) is 2.57. The average Bonchev–Trinajstić information content (AvgIpc) is 2.39. The second kappa shape index (κ2) is 4.16. The van der Waals surface area contributed by atoms with Crippen LogP contribution in [0.15, 0.2) is 20.7 Å². The second-order valence-electron chi connectivity index (χ2n) is 1.50. The van der Waals surface area contributed by atoms with Gasteiger partial charge >= 0.3 is 0 Å². The lowest BCUT2D eigenvalue weighted by atomic mass is 10.5. The normalized spacial score (nSPS) is 15.6. The number of rotatable bonds is 2. The largest absolute Gasteiger partial charge is 0.241 e. The summed E-state index contributed by atoms with van der Waals surface area (Å²) in [6.07, 6.45) is 2.79. The van der Waals surface area contributed by atoms with Crippen molar-refractivity contribution < 1.29 is 9.59 Å². The summed E-state index contributed by atoms with van der Waals surface area (Å²) in [4.78, 5) is 26.4. The molecule has 0 fully saturated rings. The van der Waals surface area contributed by atoms with Crippen LogP contribution in [0.4, 0.5) is 0 Å². The lowest BCUT2D eigenvalue weighted by Crippen LogP contribution is -1.78. The molecule has 4 nitrogen and oxygen atoms in total. The van der Waals surface area contributed by atoms with Crippen molar-refractivity contribution >= 4 is 33.7 Å². The standard InChI is InChI=1S/C5H2N2O2S2/c8-2-6-4-1-10-11-5(4)7-3-9/h1H2. The van der Waals surface area contributed by atoms with E-state index in [0.717, 1.165) is 0 Å². The summed E-state index contributed by atoms with van der Waals surface area (Å²) >= 11 is 0.